The van der Waals surface area contributed by atoms with Crippen molar-refractivity contribution >= 4 is 11.8 Å². The van der Waals surface area contributed by atoms with Gasteiger partial charge < -0.3 is 15.5 Å². The van der Waals surface area contributed by atoms with Crippen molar-refractivity contribution in [2.45, 2.75) is 31.7 Å². The van der Waals surface area contributed by atoms with Gasteiger partial charge in [0.2, 0.25) is 11.8 Å². The highest BCUT2D eigenvalue weighted by molar-refractivity contribution is 5.88. The summed E-state index contributed by atoms with van der Waals surface area (Å²) in [6.07, 6.45) is 3.46. The molecule has 5 nitrogen and oxygen atoms in total. The summed E-state index contributed by atoms with van der Waals surface area (Å²) in [6.45, 7) is 3.01. The van der Waals surface area contributed by atoms with Crippen molar-refractivity contribution < 1.29 is 9.59 Å². The number of benzene rings is 1. The predicted molar refractivity (Wildman–Crippen MR) is 88.9 cm³/mol. The number of nitrogens with zero attached hydrogens (tertiary/aromatic N) is 1. The van der Waals surface area contributed by atoms with Gasteiger partial charge >= 0.3 is 0 Å². The van der Waals surface area contributed by atoms with Gasteiger partial charge in [-0.25, -0.2) is 0 Å². The lowest BCUT2D eigenvalue weighted by molar-refractivity contribution is -0.136. The highest BCUT2D eigenvalue weighted by atomic mass is 16.2. The van der Waals surface area contributed by atoms with Crippen molar-refractivity contribution in [1.82, 2.24) is 15.5 Å². The Morgan fingerprint density at radius 2 is 1.87 bits per heavy atom. The second kappa shape index (κ2) is 7.59. The number of hydrogen-bond donors (Lipinski definition) is 2. The van der Waals surface area contributed by atoms with Crippen molar-refractivity contribution in [3.05, 3.63) is 35.9 Å². The summed E-state index contributed by atoms with van der Waals surface area (Å²) in [7, 11) is 0. The molecule has 0 saturated carbocycles. The second-order valence-corrected chi connectivity index (χ2v) is 6.52. The van der Waals surface area contributed by atoms with Crippen molar-refractivity contribution in [2.75, 3.05) is 26.2 Å². The van der Waals surface area contributed by atoms with E-state index in [0.29, 0.717) is 12.5 Å². The number of piperidine rings is 1. The Balaban J connectivity index is 1.45. The second-order valence-electron chi connectivity index (χ2n) is 6.52. The minimum Gasteiger partial charge on any atom is -0.353 e. The topological polar surface area (TPSA) is 61.4 Å². The van der Waals surface area contributed by atoms with E-state index in [-0.39, 0.29) is 24.3 Å². The third-order valence-corrected chi connectivity index (χ3v) is 4.84. The molecule has 2 saturated heterocycles. The molecular weight excluding hydrogens is 290 g/mol. The van der Waals surface area contributed by atoms with Crippen LogP contribution in [0.5, 0.6) is 0 Å². The van der Waals surface area contributed by atoms with Crippen LogP contribution in [0.4, 0.5) is 0 Å². The molecule has 2 aliphatic heterocycles. The van der Waals surface area contributed by atoms with E-state index in [2.05, 4.69) is 34.9 Å². The summed E-state index contributed by atoms with van der Waals surface area (Å²) in [4.78, 5) is 26.0. The van der Waals surface area contributed by atoms with Gasteiger partial charge in [0.15, 0.2) is 0 Å². The number of likely N-dealkylation sites (tertiary alicyclic amines) is 1. The van der Waals surface area contributed by atoms with E-state index in [4.69, 9.17) is 0 Å². The standard InChI is InChI=1S/C18H25N3O2/c22-17(13-16-18(23)20-9-8-19-16)21-10-6-15(7-11-21)12-14-4-2-1-3-5-14/h1-5,15-16,19H,6-13H2,(H,20,23)/t16-/m0/s1. The van der Waals surface area contributed by atoms with Crippen molar-refractivity contribution in [3.8, 4) is 0 Å². The number of hydrogen-bond acceptors (Lipinski definition) is 3. The summed E-state index contributed by atoms with van der Waals surface area (Å²) in [6, 6.07) is 10.2. The van der Waals surface area contributed by atoms with Crippen LogP contribution in [0.1, 0.15) is 24.8 Å². The van der Waals surface area contributed by atoms with Crippen LogP contribution in [0.3, 0.4) is 0 Å². The maximum absolute atomic E-state index is 12.4. The summed E-state index contributed by atoms with van der Waals surface area (Å²) in [5.41, 5.74) is 1.38. The summed E-state index contributed by atoms with van der Waals surface area (Å²) < 4.78 is 0. The molecule has 5 heteroatoms. The smallest absolute Gasteiger partial charge is 0.237 e. The van der Waals surface area contributed by atoms with E-state index in [9.17, 15) is 9.59 Å². The Bertz CT molecular complexity index is 538. The number of carbonyl (C=O) groups is 2. The van der Waals surface area contributed by atoms with E-state index in [1.165, 1.54) is 5.56 Å². The molecule has 0 bridgehead atoms. The summed E-state index contributed by atoms with van der Waals surface area (Å²) in [5.74, 6) is 0.693. The highest BCUT2D eigenvalue weighted by Crippen LogP contribution is 2.22. The van der Waals surface area contributed by atoms with Crippen molar-refractivity contribution in [2.24, 2.45) is 5.92 Å². The molecule has 1 aromatic carbocycles. The maximum Gasteiger partial charge on any atom is 0.237 e. The first-order valence-corrected chi connectivity index (χ1v) is 8.55. The molecule has 23 heavy (non-hydrogen) atoms. The Kier molecular flexibility index (Phi) is 5.28. The molecule has 1 atom stereocenters. The maximum atomic E-state index is 12.4. The fourth-order valence-electron chi connectivity index (χ4n) is 3.45. The predicted octanol–water partition coefficient (Wildman–Crippen LogP) is 0.946. The van der Waals surface area contributed by atoms with Crippen LogP contribution in [0.2, 0.25) is 0 Å². The van der Waals surface area contributed by atoms with Crippen LogP contribution in [-0.4, -0.2) is 48.9 Å². The first kappa shape index (κ1) is 16.0. The van der Waals surface area contributed by atoms with Gasteiger partial charge in [0, 0.05) is 26.2 Å². The van der Waals surface area contributed by atoms with Gasteiger partial charge in [-0.2, -0.15) is 0 Å². The average molecular weight is 315 g/mol. The molecule has 0 aliphatic carbocycles. The van der Waals surface area contributed by atoms with Crippen LogP contribution in [0.15, 0.2) is 30.3 Å². The summed E-state index contributed by atoms with van der Waals surface area (Å²) >= 11 is 0. The third-order valence-electron chi connectivity index (χ3n) is 4.84. The van der Waals surface area contributed by atoms with Gasteiger partial charge in [-0.1, -0.05) is 30.3 Å². The molecule has 0 spiro atoms. The highest BCUT2D eigenvalue weighted by Gasteiger charge is 2.28. The van der Waals surface area contributed by atoms with Gasteiger partial charge in [0.05, 0.1) is 12.5 Å². The lowest BCUT2D eigenvalue weighted by Crippen LogP contribution is -2.54. The normalized spacial score (nSPS) is 22.7. The van der Waals surface area contributed by atoms with Gasteiger partial charge in [0.1, 0.15) is 0 Å². The SMILES string of the molecule is O=C1NCCN[C@H]1CC(=O)N1CCC(Cc2ccccc2)CC1. The molecule has 2 fully saturated rings. The quantitative estimate of drug-likeness (QED) is 0.869. The lowest BCUT2D eigenvalue weighted by Gasteiger charge is -2.33. The zero-order valence-corrected chi connectivity index (χ0v) is 13.5. The number of nitrogens with one attached hydrogen (secondary N) is 2. The monoisotopic (exact) mass is 315 g/mol. The Hall–Kier alpha value is -1.88. The molecule has 2 amide bonds. The zero-order chi connectivity index (χ0) is 16.1. The zero-order valence-electron chi connectivity index (χ0n) is 13.5. The van der Waals surface area contributed by atoms with Crippen LogP contribution < -0.4 is 10.6 Å². The third kappa shape index (κ3) is 4.32. The molecular formula is C18H25N3O2. The lowest BCUT2D eigenvalue weighted by atomic mass is 9.90. The first-order chi connectivity index (χ1) is 11.2. The van der Waals surface area contributed by atoms with E-state index in [0.717, 1.165) is 38.9 Å². The number of piperazine rings is 1. The minimum atomic E-state index is -0.363. The minimum absolute atomic E-state index is 0.0523. The van der Waals surface area contributed by atoms with Crippen LogP contribution in [-0.2, 0) is 16.0 Å². The number of carbonyl (C=O) groups excluding carboxylic acids is 2. The van der Waals surface area contributed by atoms with E-state index in [1.54, 1.807) is 0 Å². The Morgan fingerprint density at radius 3 is 2.57 bits per heavy atom. The molecule has 1 aromatic rings. The fraction of sp³-hybridized carbons (Fsp3) is 0.556. The molecule has 124 valence electrons. The fourth-order valence-corrected chi connectivity index (χ4v) is 3.45. The van der Waals surface area contributed by atoms with Gasteiger partial charge in [-0.15, -0.1) is 0 Å². The van der Waals surface area contributed by atoms with Crippen LogP contribution >= 0.6 is 0 Å². The molecule has 2 heterocycles. The van der Waals surface area contributed by atoms with Crippen LogP contribution in [0.25, 0.3) is 0 Å². The number of rotatable bonds is 4. The summed E-state index contributed by atoms with van der Waals surface area (Å²) in [5, 5.41) is 5.92. The molecule has 3 rings (SSSR count). The largest absolute Gasteiger partial charge is 0.353 e. The average Bonchev–Trinajstić information content (AvgIpc) is 2.58. The molecule has 0 unspecified atom stereocenters. The number of amides is 2. The Morgan fingerprint density at radius 1 is 1.13 bits per heavy atom. The Labute approximate surface area is 137 Å². The van der Waals surface area contributed by atoms with E-state index < -0.39 is 0 Å². The van der Waals surface area contributed by atoms with Crippen LogP contribution in [0, 0.1) is 5.92 Å². The molecule has 0 aromatic heterocycles. The van der Waals surface area contributed by atoms with Crippen molar-refractivity contribution in [1.29, 1.82) is 0 Å². The van der Waals surface area contributed by atoms with Gasteiger partial charge in [0.25, 0.3) is 0 Å². The van der Waals surface area contributed by atoms with E-state index in [1.807, 2.05) is 11.0 Å². The van der Waals surface area contributed by atoms with Gasteiger partial charge in [-0.05, 0) is 30.7 Å². The molecule has 2 N–H and O–H groups in total. The molecule has 0 radical (unpaired) electrons. The first-order valence-electron chi connectivity index (χ1n) is 8.55. The molecule has 2 aliphatic rings. The van der Waals surface area contributed by atoms with Gasteiger partial charge in [-0.3, -0.25) is 9.59 Å². The van der Waals surface area contributed by atoms with Crippen molar-refractivity contribution in [3.63, 3.8) is 0 Å². The van der Waals surface area contributed by atoms with E-state index >= 15 is 0 Å².